The lowest BCUT2D eigenvalue weighted by molar-refractivity contribution is -0.136. The zero-order valence-electron chi connectivity index (χ0n) is 35.8. The number of hydrogen-bond donors (Lipinski definition) is 3. The number of H-pyrrole nitrogens is 1. The molecule has 4 amide bonds. The van der Waals surface area contributed by atoms with Gasteiger partial charge in [0.25, 0.3) is 0 Å². The molecule has 0 spiro atoms. The van der Waals surface area contributed by atoms with E-state index >= 15 is 0 Å². The third-order valence-corrected chi connectivity index (χ3v) is 12.2. The van der Waals surface area contributed by atoms with Crippen molar-refractivity contribution < 1.29 is 28.7 Å². The monoisotopic (exact) mass is 815 g/mol. The van der Waals surface area contributed by atoms with Crippen LogP contribution in [-0.2, 0) is 19.1 Å². The molecule has 2 saturated heterocycles. The number of aromatic amines is 1. The molecule has 0 radical (unpaired) electrons. The number of allylic oxidation sites excluding steroid dienone is 1. The Hall–Kier alpha value is -5.98. The molecular formula is C47H57N7O6. The van der Waals surface area contributed by atoms with E-state index in [-0.39, 0.29) is 41.7 Å². The molecular weight excluding hydrogens is 759 g/mol. The number of carbonyl (C=O) groups is 4. The number of rotatable bonds is 11. The average Bonchev–Trinajstić information content (AvgIpc) is 4.07. The molecule has 0 bridgehead atoms. The maximum Gasteiger partial charge on any atom is 0.407 e. The number of nitrogens with one attached hydrogen (secondary N) is 3. The van der Waals surface area contributed by atoms with E-state index < -0.39 is 24.3 Å². The minimum Gasteiger partial charge on any atom is -0.453 e. The van der Waals surface area contributed by atoms with Crippen LogP contribution in [0.2, 0.25) is 0 Å². The van der Waals surface area contributed by atoms with Gasteiger partial charge in [0.05, 0.1) is 38.2 Å². The molecule has 4 aromatic rings. The average molecular weight is 816 g/mol. The molecule has 3 aliphatic heterocycles. The second-order valence-corrected chi connectivity index (χ2v) is 17.4. The molecule has 13 heteroatoms. The Morgan fingerprint density at radius 1 is 0.700 bits per heavy atom. The van der Waals surface area contributed by atoms with Crippen molar-refractivity contribution >= 4 is 46.1 Å². The summed E-state index contributed by atoms with van der Waals surface area (Å²) in [6.07, 6.45) is 4.79. The van der Waals surface area contributed by atoms with Gasteiger partial charge in [-0.2, -0.15) is 0 Å². The van der Waals surface area contributed by atoms with E-state index in [0.717, 1.165) is 68.7 Å². The molecule has 3 aliphatic rings. The lowest BCUT2D eigenvalue weighted by Crippen LogP contribution is -2.53. The van der Waals surface area contributed by atoms with Crippen LogP contribution in [0, 0.1) is 23.7 Å². The van der Waals surface area contributed by atoms with Crippen molar-refractivity contribution in [2.45, 2.75) is 85.0 Å². The third kappa shape index (κ3) is 8.80. The van der Waals surface area contributed by atoms with Gasteiger partial charge in [0.15, 0.2) is 0 Å². The minimum absolute atomic E-state index is 0.0934. The first-order valence-corrected chi connectivity index (χ1v) is 21.0. The second-order valence-electron chi connectivity index (χ2n) is 17.4. The first kappa shape index (κ1) is 42.2. The highest BCUT2D eigenvalue weighted by Crippen LogP contribution is 2.37. The number of amides is 4. The largest absolute Gasteiger partial charge is 0.453 e. The van der Waals surface area contributed by atoms with Gasteiger partial charge in [0, 0.05) is 37.0 Å². The van der Waals surface area contributed by atoms with Crippen molar-refractivity contribution in [3.63, 3.8) is 0 Å². The van der Waals surface area contributed by atoms with Crippen LogP contribution in [0.5, 0.6) is 0 Å². The Morgan fingerprint density at radius 3 is 1.77 bits per heavy atom. The van der Waals surface area contributed by atoms with E-state index in [1.165, 1.54) is 14.2 Å². The summed E-state index contributed by atoms with van der Waals surface area (Å²) in [5, 5.41) is 7.67. The maximum absolute atomic E-state index is 13.7. The molecule has 0 unspecified atom stereocenters. The SMILES string of the molecule is COC(=O)N[C@H](C(=O)N1C[C@@H](C)C[C@H]1C1=NC=C(c2ccc(-c3ccc4cc(-c5cnc([C@@H]6C[C@H](C)CN6C(=O)[C@@H](NC(=O)OC)C(C)C)[nH]5)ccc4c3)cc2)C1)C(C)C. The molecule has 7 rings (SSSR count). The zero-order chi connectivity index (χ0) is 42.8. The predicted molar refractivity (Wildman–Crippen MR) is 233 cm³/mol. The first-order chi connectivity index (χ1) is 28.7. The Bertz CT molecular complexity index is 2310. The maximum atomic E-state index is 13.7. The van der Waals surface area contributed by atoms with Gasteiger partial charge in [-0.3, -0.25) is 14.6 Å². The van der Waals surface area contributed by atoms with Crippen LogP contribution in [0.1, 0.15) is 78.2 Å². The summed E-state index contributed by atoms with van der Waals surface area (Å²) in [4.78, 5) is 68.4. The Morgan fingerprint density at radius 2 is 1.20 bits per heavy atom. The molecule has 2 fully saturated rings. The van der Waals surface area contributed by atoms with Crippen LogP contribution in [0.15, 0.2) is 78.1 Å². The molecule has 3 aromatic carbocycles. The van der Waals surface area contributed by atoms with Gasteiger partial charge in [-0.15, -0.1) is 0 Å². The fraction of sp³-hybridized carbons (Fsp3) is 0.447. The summed E-state index contributed by atoms with van der Waals surface area (Å²) in [7, 11) is 2.60. The molecule has 4 heterocycles. The first-order valence-electron chi connectivity index (χ1n) is 21.0. The quantitative estimate of drug-likeness (QED) is 0.139. The topological polar surface area (TPSA) is 158 Å². The summed E-state index contributed by atoms with van der Waals surface area (Å²) in [6.45, 7) is 13.1. The van der Waals surface area contributed by atoms with Crippen molar-refractivity contribution in [2.24, 2.45) is 28.7 Å². The fourth-order valence-corrected chi connectivity index (χ4v) is 8.86. The summed E-state index contributed by atoms with van der Waals surface area (Å²) in [6, 6.07) is 19.7. The van der Waals surface area contributed by atoms with Gasteiger partial charge in [0.1, 0.15) is 17.9 Å². The summed E-state index contributed by atoms with van der Waals surface area (Å²) in [5.74, 6) is 0.888. The van der Waals surface area contributed by atoms with Gasteiger partial charge < -0.3 is 34.9 Å². The van der Waals surface area contributed by atoms with E-state index in [0.29, 0.717) is 25.4 Å². The van der Waals surface area contributed by atoms with Gasteiger partial charge in [-0.25, -0.2) is 14.6 Å². The van der Waals surface area contributed by atoms with Gasteiger partial charge in [-0.05, 0) is 81.7 Å². The van der Waals surface area contributed by atoms with Crippen molar-refractivity contribution in [1.29, 1.82) is 0 Å². The number of nitrogens with zero attached hydrogens (tertiary/aromatic N) is 4. The van der Waals surface area contributed by atoms with Gasteiger partial charge in [-0.1, -0.05) is 90.1 Å². The van der Waals surface area contributed by atoms with Crippen LogP contribution < -0.4 is 10.6 Å². The summed E-state index contributed by atoms with van der Waals surface area (Å²) < 4.78 is 9.59. The van der Waals surface area contributed by atoms with Crippen LogP contribution in [0.4, 0.5) is 9.59 Å². The summed E-state index contributed by atoms with van der Waals surface area (Å²) in [5.41, 5.74) is 7.27. The standard InChI is InChI=1S/C47H57N7O6/c1-26(2)41(51-46(57)59-7)44(55)53-24-28(5)17-39(53)37-21-36(22-48-37)31-11-9-30(10-12-31)32-13-14-34-20-35(16-15-33(34)19-32)38-23-49-43(50-38)40-18-29(6)25-54(40)45(56)42(27(3)4)52-47(58)60-8/h9-16,19-20,22-23,26-29,39-42H,17-18,21,24-25H2,1-8H3,(H,49,50)(H,51,57)(H,52,58)/t28-,29-,39-,40-,41-,42-/m0/s1. The zero-order valence-corrected chi connectivity index (χ0v) is 35.8. The summed E-state index contributed by atoms with van der Waals surface area (Å²) >= 11 is 0. The number of benzene rings is 3. The van der Waals surface area contributed by atoms with E-state index in [1.807, 2.05) is 49.9 Å². The highest BCUT2D eigenvalue weighted by molar-refractivity contribution is 6.04. The van der Waals surface area contributed by atoms with Crippen molar-refractivity contribution in [3.8, 4) is 22.4 Å². The number of carbonyl (C=O) groups excluding carboxylic acids is 4. The van der Waals surface area contributed by atoms with Crippen molar-refractivity contribution in [2.75, 3.05) is 27.3 Å². The van der Waals surface area contributed by atoms with Crippen molar-refractivity contribution in [1.82, 2.24) is 30.4 Å². The molecule has 60 heavy (non-hydrogen) atoms. The number of fused-ring (bicyclic) bond motifs is 1. The Kier molecular flexibility index (Phi) is 12.4. The van der Waals surface area contributed by atoms with Gasteiger partial charge >= 0.3 is 12.2 Å². The molecule has 1 aromatic heterocycles. The number of aliphatic imine (C=N–C) groups is 1. The van der Waals surface area contributed by atoms with E-state index in [4.69, 9.17) is 19.5 Å². The Balaban J connectivity index is 1.01. The normalized spacial score (nSPS) is 21.2. The second kappa shape index (κ2) is 17.7. The molecule has 3 N–H and O–H groups in total. The fourth-order valence-electron chi connectivity index (χ4n) is 8.86. The number of alkyl carbamates (subject to hydrolysis) is 2. The number of ether oxygens (including phenoxy) is 2. The third-order valence-electron chi connectivity index (χ3n) is 12.2. The van der Waals surface area contributed by atoms with Crippen LogP contribution in [0.25, 0.3) is 38.7 Å². The molecule has 0 aliphatic carbocycles. The number of likely N-dealkylation sites (tertiary alicyclic amines) is 2. The lowest BCUT2D eigenvalue weighted by Gasteiger charge is -2.31. The predicted octanol–water partition coefficient (Wildman–Crippen LogP) is 7.99. The van der Waals surface area contributed by atoms with Crippen LogP contribution in [0.3, 0.4) is 0 Å². The number of hydrogen-bond acceptors (Lipinski definition) is 8. The molecule has 6 atom stereocenters. The highest BCUT2D eigenvalue weighted by atomic mass is 16.5. The molecule has 0 saturated carbocycles. The number of imidazole rings is 1. The van der Waals surface area contributed by atoms with Crippen molar-refractivity contribution in [3.05, 3.63) is 84.4 Å². The van der Waals surface area contributed by atoms with E-state index in [1.54, 1.807) is 0 Å². The van der Waals surface area contributed by atoms with Gasteiger partial charge in [0.2, 0.25) is 11.8 Å². The number of methoxy groups -OCH3 is 2. The Labute approximate surface area is 352 Å². The molecule has 316 valence electrons. The highest BCUT2D eigenvalue weighted by Gasteiger charge is 2.42. The van der Waals surface area contributed by atoms with E-state index in [2.05, 4.69) is 90.1 Å². The smallest absolute Gasteiger partial charge is 0.407 e. The van der Waals surface area contributed by atoms with Crippen LogP contribution >= 0.6 is 0 Å². The van der Waals surface area contributed by atoms with E-state index in [9.17, 15) is 19.2 Å². The lowest BCUT2D eigenvalue weighted by atomic mass is 9.94. The minimum atomic E-state index is -0.698. The van der Waals surface area contributed by atoms with Crippen LogP contribution in [-0.4, -0.2) is 94.9 Å². The number of aromatic nitrogens is 2. The molecule has 13 nitrogen and oxygen atoms in total.